The molecule has 0 saturated heterocycles. The predicted octanol–water partition coefficient (Wildman–Crippen LogP) is 0.508. The van der Waals surface area contributed by atoms with Crippen molar-refractivity contribution < 1.29 is 14.6 Å². The van der Waals surface area contributed by atoms with E-state index in [2.05, 4.69) is 18.3 Å². The van der Waals surface area contributed by atoms with Crippen LogP contribution in [-0.2, 0) is 11.2 Å². The molecule has 5 heteroatoms. The van der Waals surface area contributed by atoms with Crippen molar-refractivity contribution in [1.82, 2.24) is 5.32 Å². The number of amides is 1. The van der Waals surface area contributed by atoms with Crippen LogP contribution in [0.4, 0.5) is 0 Å². The molecular weight excluding hydrogens is 244 g/mol. The molecule has 4 N–H and O–H groups in total. The number of hydrogen-bond acceptors (Lipinski definition) is 4. The van der Waals surface area contributed by atoms with Gasteiger partial charge in [0.25, 0.3) is 0 Å². The fraction of sp³-hybridized carbons (Fsp3) is 0.500. The zero-order chi connectivity index (χ0) is 13.8. The lowest BCUT2D eigenvalue weighted by Gasteiger charge is -2.19. The first kappa shape index (κ1) is 13.8. The fourth-order valence-electron chi connectivity index (χ4n) is 2.28. The lowest BCUT2D eigenvalue weighted by molar-refractivity contribution is -0.125. The first-order valence-corrected chi connectivity index (χ1v) is 6.58. The van der Waals surface area contributed by atoms with E-state index in [1.54, 1.807) is 0 Å². The number of nitrogens with two attached hydrogens (primary N) is 1. The molecule has 0 fully saturated rings. The van der Waals surface area contributed by atoms with Crippen LogP contribution in [-0.4, -0.2) is 30.3 Å². The molecule has 1 aliphatic heterocycles. The van der Waals surface area contributed by atoms with Gasteiger partial charge in [-0.1, -0.05) is 19.1 Å². The van der Waals surface area contributed by atoms with Crippen molar-refractivity contribution in [2.24, 2.45) is 5.73 Å². The molecule has 2 atom stereocenters. The first-order valence-electron chi connectivity index (χ1n) is 6.58. The maximum Gasteiger partial charge on any atom is 0.247 e. The third-order valence-corrected chi connectivity index (χ3v) is 3.41. The lowest BCUT2D eigenvalue weighted by atomic mass is 10.0. The summed E-state index contributed by atoms with van der Waals surface area (Å²) in [5, 5.41) is 12.6. The zero-order valence-electron chi connectivity index (χ0n) is 11.1. The van der Waals surface area contributed by atoms with Gasteiger partial charge < -0.3 is 20.9 Å². The third kappa shape index (κ3) is 3.24. The van der Waals surface area contributed by atoms with Gasteiger partial charge in [0, 0.05) is 19.0 Å². The molecule has 0 radical (unpaired) electrons. The zero-order valence-corrected chi connectivity index (χ0v) is 11.1. The second-order valence-corrected chi connectivity index (χ2v) is 4.75. The predicted molar refractivity (Wildman–Crippen MR) is 71.9 cm³/mol. The average molecular weight is 264 g/mol. The summed E-state index contributed by atoms with van der Waals surface area (Å²) in [5.74, 6) is 0.250. The molecule has 1 heterocycles. The van der Waals surface area contributed by atoms with Gasteiger partial charge in [-0.15, -0.1) is 0 Å². The van der Waals surface area contributed by atoms with Gasteiger partial charge in [-0.3, -0.25) is 4.79 Å². The van der Waals surface area contributed by atoms with Gasteiger partial charge in [-0.25, -0.2) is 0 Å². The molecule has 19 heavy (non-hydrogen) atoms. The summed E-state index contributed by atoms with van der Waals surface area (Å²) in [6.45, 7) is 2.96. The Morgan fingerprint density at radius 3 is 3.05 bits per heavy atom. The average Bonchev–Trinajstić information content (AvgIpc) is 2.86. The lowest BCUT2D eigenvalue weighted by Crippen LogP contribution is -2.38. The summed E-state index contributed by atoms with van der Waals surface area (Å²) in [7, 11) is 0. The Balaban J connectivity index is 2.03. The number of ether oxygens (including phenoxy) is 1. The van der Waals surface area contributed by atoms with Gasteiger partial charge in [0.05, 0.1) is 6.61 Å². The van der Waals surface area contributed by atoms with Gasteiger partial charge in [0.1, 0.15) is 11.9 Å². The summed E-state index contributed by atoms with van der Waals surface area (Å²) < 4.78 is 5.47. The normalized spacial score (nSPS) is 16.5. The molecule has 1 aliphatic rings. The molecule has 0 bridgehead atoms. The monoisotopic (exact) mass is 264 g/mol. The molecule has 1 aromatic carbocycles. The minimum Gasteiger partial charge on any atom is -0.493 e. The van der Waals surface area contributed by atoms with Crippen LogP contribution in [0.1, 0.15) is 30.5 Å². The van der Waals surface area contributed by atoms with Crippen LogP contribution >= 0.6 is 0 Å². The largest absolute Gasteiger partial charge is 0.493 e. The Morgan fingerprint density at radius 1 is 1.58 bits per heavy atom. The van der Waals surface area contributed by atoms with E-state index in [0.29, 0.717) is 0 Å². The Morgan fingerprint density at radius 2 is 2.37 bits per heavy atom. The smallest absolute Gasteiger partial charge is 0.247 e. The third-order valence-electron chi connectivity index (χ3n) is 3.41. The Kier molecular flexibility index (Phi) is 4.39. The van der Waals surface area contributed by atoms with Crippen LogP contribution in [0, 0.1) is 0 Å². The number of fused-ring (bicyclic) bond motifs is 1. The molecule has 2 unspecified atom stereocenters. The van der Waals surface area contributed by atoms with Crippen LogP contribution in [0.5, 0.6) is 5.75 Å². The summed E-state index contributed by atoms with van der Waals surface area (Å²) in [6.07, 6.45) is 0.654. The van der Waals surface area contributed by atoms with Crippen molar-refractivity contribution in [1.29, 1.82) is 0 Å². The van der Waals surface area contributed by atoms with Crippen LogP contribution in [0.3, 0.4) is 0 Å². The molecule has 0 aliphatic carbocycles. The van der Waals surface area contributed by atoms with Gasteiger partial charge in [-0.05, 0) is 23.6 Å². The van der Waals surface area contributed by atoms with Gasteiger partial charge in [-0.2, -0.15) is 0 Å². The summed E-state index contributed by atoms with van der Waals surface area (Å²) >= 11 is 0. The molecule has 0 saturated carbocycles. The molecule has 5 nitrogen and oxygen atoms in total. The highest BCUT2D eigenvalue weighted by Gasteiger charge is 2.17. The number of primary amides is 1. The maximum atomic E-state index is 10.8. The number of nitrogens with one attached hydrogen (secondary N) is 1. The van der Waals surface area contributed by atoms with E-state index < -0.39 is 12.0 Å². The van der Waals surface area contributed by atoms with E-state index in [1.807, 2.05) is 12.1 Å². The fourth-order valence-corrected chi connectivity index (χ4v) is 2.28. The van der Waals surface area contributed by atoms with E-state index in [-0.39, 0.29) is 12.6 Å². The number of benzene rings is 1. The maximum absolute atomic E-state index is 10.8. The van der Waals surface area contributed by atoms with E-state index in [1.165, 1.54) is 5.56 Å². The van der Waals surface area contributed by atoms with Crippen molar-refractivity contribution in [2.75, 3.05) is 13.2 Å². The highest BCUT2D eigenvalue weighted by atomic mass is 16.5. The molecule has 0 spiro atoms. The second kappa shape index (κ2) is 6.04. The number of rotatable bonds is 6. The van der Waals surface area contributed by atoms with Crippen molar-refractivity contribution >= 4 is 5.91 Å². The molecule has 104 valence electrons. The van der Waals surface area contributed by atoms with Crippen molar-refractivity contribution in [2.45, 2.75) is 31.9 Å². The molecule has 1 amide bonds. The van der Waals surface area contributed by atoms with Crippen LogP contribution in [0.25, 0.3) is 0 Å². The topological polar surface area (TPSA) is 84.6 Å². The van der Waals surface area contributed by atoms with Gasteiger partial charge in [0.15, 0.2) is 0 Å². The number of carbonyl (C=O) groups is 1. The molecule has 0 aromatic heterocycles. The Bertz CT molecular complexity index is 462. The second-order valence-electron chi connectivity index (χ2n) is 4.75. The van der Waals surface area contributed by atoms with Crippen molar-refractivity contribution in [3.8, 4) is 5.75 Å². The quantitative estimate of drug-likeness (QED) is 0.699. The SMILES string of the molecule is CCC(NCC(O)C(N)=O)c1ccc2c(c1)CCO2. The van der Waals surface area contributed by atoms with E-state index in [4.69, 9.17) is 10.5 Å². The van der Waals surface area contributed by atoms with Crippen molar-refractivity contribution in [3.63, 3.8) is 0 Å². The summed E-state index contributed by atoms with van der Waals surface area (Å²) in [5.41, 5.74) is 7.39. The van der Waals surface area contributed by atoms with Gasteiger partial charge >= 0.3 is 0 Å². The standard InChI is InChI=1S/C14H20N2O3/c1-2-11(16-8-12(17)14(15)18)9-3-4-13-10(7-9)5-6-19-13/h3-4,7,11-12,16-17H,2,5-6,8H2,1H3,(H2,15,18). The Hall–Kier alpha value is -1.59. The minimum atomic E-state index is -1.15. The number of aliphatic hydroxyl groups is 1. The van der Waals surface area contributed by atoms with E-state index in [0.717, 1.165) is 30.8 Å². The summed E-state index contributed by atoms with van der Waals surface area (Å²) in [6, 6.07) is 6.22. The van der Waals surface area contributed by atoms with Crippen molar-refractivity contribution in [3.05, 3.63) is 29.3 Å². The van der Waals surface area contributed by atoms with Crippen LogP contribution < -0.4 is 15.8 Å². The Labute approximate surface area is 112 Å². The summed E-state index contributed by atoms with van der Waals surface area (Å²) in [4.78, 5) is 10.8. The number of hydrogen-bond donors (Lipinski definition) is 3. The highest BCUT2D eigenvalue weighted by molar-refractivity contribution is 5.78. The highest BCUT2D eigenvalue weighted by Crippen LogP contribution is 2.29. The van der Waals surface area contributed by atoms with Crippen LogP contribution in [0.15, 0.2) is 18.2 Å². The molecule has 2 rings (SSSR count). The van der Waals surface area contributed by atoms with E-state index in [9.17, 15) is 9.90 Å². The minimum absolute atomic E-state index is 0.0971. The van der Waals surface area contributed by atoms with E-state index >= 15 is 0 Å². The van der Waals surface area contributed by atoms with Gasteiger partial charge in [0.2, 0.25) is 5.91 Å². The first-order chi connectivity index (χ1) is 9.11. The number of carbonyl (C=O) groups excluding carboxylic acids is 1. The molecular formula is C14H20N2O3. The number of aliphatic hydroxyl groups excluding tert-OH is 1. The molecule has 1 aromatic rings. The van der Waals surface area contributed by atoms with Crippen LogP contribution in [0.2, 0.25) is 0 Å².